The van der Waals surface area contributed by atoms with Crippen LogP contribution in [0.15, 0.2) is 28.4 Å². The van der Waals surface area contributed by atoms with Crippen LogP contribution in [0.5, 0.6) is 5.75 Å². The maximum Gasteiger partial charge on any atom is 0.236 e. The molecular weight excluding hydrogens is 281 g/mol. The van der Waals surface area contributed by atoms with Gasteiger partial charge >= 0.3 is 0 Å². The Morgan fingerprint density at radius 1 is 1.55 bits per heavy atom. The molecule has 1 aliphatic rings. The summed E-state index contributed by atoms with van der Waals surface area (Å²) in [6.07, 6.45) is 2.29. The molecule has 1 fully saturated rings. The highest BCUT2D eigenvalue weighted by Gasteiger charge is 2.15. The number of hydrogen-bond acceptors (Lipinski definition) is 5. The predicted octanol–water partition coefficient (Wildman–Crippen LogP) is 2.17. The van der Waals surface area contributed by atoms with E-state index in [-0.39, 0.29) is 11.7 Å². The molecule has 20 heavy (non-hydrogen) atoms. The van der Waals surface area contributed by atoms with E-state index in [0.29, 0.717) is 23.1 Å². The lowest BCUT2D eigenvalue weighted by molar-refractivity contribution is -0.116. The van der Waals surface area contributed by atoms with E-state index in [2.05, 4.69) is 15.5 Å². The largest absolute Gasteiger partial charge is 0.491 e. The first-order valence-electron chi connectivity index (χ1n) is 6.15. The Bertz CT molecular complexity index is 561. The van der Waals surface area contributed by atoms with Gasteiger partial charge in [0.25, 0.3) is 0 Å². The summed E-state index contributed by atoms with van der Waals surface area (Å²) in [7, 11) is 0. The van der Waals surface area contributed by atoms with Gasteiger partial charge in [0, 0.05) is 0 Å². The molecule has 1 N–H and O–H groups in total. The zero-order valence-electron chi connectivity index (χ0n) is 10.9. The number of halogens is 1. The number of hydrogen-bond donors (Lipinski definition) is 1. The summed E-state index contributed by atoms with van der Waals surface area (Å²) < 4.78 is 18.7. The van der Waals surface area contributed by atoms with Gasteiger partial charge in [0.05, 0.1) is 18.6 Å². The van der Waals surface area contributed by atoms with E-state index >= 15 is 0 Å². The topological polar surface area (TPSA) is 63.1 Å². The highest BCUT2D eigenvalue weighted by molar-refractivity contribution is 8.15. The van der Waals surface area contributed by atoms with Gasteiger partial charge in [-0.15, -0.1) is 5.10 Å². The first-order valence-corrected chi connectivity index (χ1v) is 7.13. The maximum atomic E-state index is 13.5. The molecule has 5 nitrogen and oxygen atoms in total. The Labute approximate surface area is 120 Å². The summed E-state index contributed by atoms with van der Waals surface area (Å²) >= 11 is 1.29. The molecule has 1 saturated heterocycles. The van der Waals surface area contributed by atoms with Gasteiger partial charge in [-0.3, -0.25) is 4.79 Å². The van der Waals surface area contributed by atoms with Gasteiger partial charge in [-0.25, -0.2) is 4.39 Å². The Morgan fingerprint density at radius 2 is 2.40 bits per heavy atom. The second-order valence-corrected chi connectivity index (χ2v) is 4.99. The average Bonchev–Trinajstić information content (AvgIpc) is 2.85. The fourth-order valence-corrected chi connectivity index (χ4v) is 2.08. The zero-order chi connectivity index (χ0) is 14.4. The highest BCUT2D eigenvalue weighted by atomic mass is 32.2. The van der Waals surface area contributed by atoms with Crippen molar-refractivity contribution in [3.8, 4) is 5.75 Å². The van der Waals surface area contributed by atoms with Crippen molar-refractivity contribution < 1.29 is 13.9 Å². The third kappa shape index (κ3) is 4.06. The molecule has 0 spiro atoms. The van der Waals surface area contributed by atoms with Gasteiger partial charge in [0.2, 0.25) is 5.91 Å². The van der Waals surface area contributed by atoms with Crippen molar-refractivity contribution in [2.24, 2.45) is 10.2 Å². The molecule has 0 aliphatic carbocycles. The van der Waals surface area contributed by atoms with Crippen molar-refractivity contribution in [3.05, 3.63) is 29.6 Å². The quantitative estimate of drug-likeness (QED) is 0.669. The highest BCUT2D eigenvalue weighted by Crippen LogP contribution is 2.18. The van der Waals surface area contributed by atoms with Crippen LogP contribution in [0.3, 0.4) is 0 Å². The Hall–Kier alpha value is -1.89. The smallest absolute Gasteiger partial charge is 0.236 e. The summed E-state index contributed by atoms with van der Waals surface area (Å²) in [5.41, 5.74) is 0.677. The molecule has 0 bridgehead atoms. The van der Waals surface area contributed by atoms with Gasteiger partial charge in [-0.2, -0.15) is 5.10 Å². The van der Waals surface area contributed by atoms with Crippen LogP contribution in [-0.2, 0) is 4.79 Å². The number of thioether (sulfide) groups is 1. The van der Waals surface area contributed by atoms with E-state index in [1.165, 1.54) is 24.0 Å². The molecule has 1 aromatic carbocycles. The van der Waals surface area contributed by atoms with Crippen molar-refractivity contribution >= 4 is 29.1 Å². The van der Waals surface area contributed by atoms with E-state index < -0.39 is 5.82 Å². The van der Waals surface area contributed by atoms with Gasteiger partial charge in [-0.1, -0.05) is 24.8 Å². The number of nitrogens with zero attached hydrogens (tertiary/aromatic N) is 2. The SMILES string of the molecule is CCCOc1cc(C=NN=C2NC(=O)CS2)ccc1F. The summed E-state index contributed by atoms with van der Waals surface area (Å²) in [5.74, 6) is 0.0772. The van der Waals surface area contributed by atoms with Crippen LogP contribution in [0, 0.1) is 5.82 Å². The van der Waals surface area contributed by atoms with Crippen molar-refractivity contribution in [3.63, 3.8) is 0 Å². The molecule has 1 amide bonds. The standard InChI is InChI=1S/C13H14FN3O2S/c1-2-5-19-11-6-9(3-4-10(11)14)7-15-17-13-16-12(18)8-20-13/h3-4,6-7H,2,5,8H2,1H3,(H,16,17,18). The molecule has 0 unspecified atom stereocenters. The number of amidine groups is 1. The minimum Gasteiger partial charge on any atom is -0.491 e. The molecule has 0 aromatic heterocycles. The lowest BCUT2D eigenvalue weighted by Gasteiger charge is -2.06. The molecule has 0 atom stereocenters. The molecule has 0 radical (unpaired) electrons. The van der Waals surface area contributed by atoms with Crippen molar-refractivity contribution in [2.75, 3.05) is 12.4 Å². The fourth-order valence-electron chi connectivity index (χ4n) is 1.45. The monoisotopic (exact) mass is 295 g/mol. The van der Waals surface area contributed by atoms with E-state index in [0.717, 1.165) is 6.42 Å². The number of carbonyl (C=O) groups is 1. The van der Waals surface area contributed by atoms with Gasteiger partial charge in [-0.05, 0) is 24.1 Å². The van der Waals surface area contributed by atoms with Crippen LogP contribution in [0.25, 0.3) is 0 Å². The molecular formula is C13H14FN3O2S. The number of rotatable bonds is 5. The minimum absolute atomic E-state index is 0.0824. The first kappa shape index (κ1) is 14.5. The van der Waals surface area contributed by atoms with E-state index in [1.807, 2.05) is 6.92 Å². The molecule has 1 aliphatic heterocycles. The van der Waals surface area contributed by atoms with Gasteiger partial charge < -0.3 is 10.1 Å². The number of amides is 1. The van der Waals surface area contributed by atoms with Crippen LogP contribution in [0.2, 0.25) is 0 Å². The Balaban J connectivity index is 2.03. The van der Waals surface area contributed by atoms with Gasteiger partial charge in [0.1, 0.15) is 0 Å². The molecule has 1 aromatic rings. The lowest BCUT2D eigenvalue weighted by Crippen LogP contribution is -2.19. The van der Waals surface area contributed by atoms with Crippen LogP contribution in [0.4, 0.5) is 4.39 Å². The van der Waals surface area contributed by atoms with E-state index in [4.69, 9.17) is 4.74 Å². The normalized spacial score (nSPS) is 16.9. The lowest BCUT2D eigenvalue weighted by atomic mass is 10.2. The summed E-state index contributed by atoms with van der Waals surface area (Å²) in [6, 6.07) is 4.47. The second kappa shape index (κ2) is 7.04. The zero-order valence-corrected chi connectivity index (χ0v) is 11.7. The summed E-state index contributed by atoms with van der Waals surface area (Å²) in [4.78, 5) is 10.9. The third-order valence-corrected chi connectivity index (χ3v) is 3.22. The predicted molar refractivity (Wildman–Crippen MR) is 77.8 cm³/mol. The summed E-state index contributed by atoms with van der Waals surface area (Å²) in [5, 5.41) is 10.8. The fraction of sp³-hybridized carbons (Fsp3) is 0.308. The molecule has 1 heterocycles. The van der Waals surface area contributed by atoms with E-state index in [9.17, 15) is 9.18 Å². The maximum absolute atomic E-state index is 13.5. The van der Waals surface area contributed by atoms with Crippen LogP contribution in [-0.4, -0.2) is 29.6 Å². The van der Waals surface area contributed by atoms with Crippen LogP contribution < -0.4 is 10.1 Å². The van der Waals surface area contributed by atoms with Crippen molar-refractivity contribution in [1.29, 1.82) is 0 Å². The number of nitrogens with one attached hydrogen (secondary N) is 1. The molecule has 2 rings (SSSR count). The molecule has 106 valence electrons. The van der Waals surface area contributed by atoms with Gasteiger partial charge in [0.15, 0.2) is 16.7 Å². The van der Waals surface area contributed by atoms with Crippen molar-refractivity contribution in [2.45, 2.75) is 13.3 Å². The molecule has 0 saturated carbocycles. The number of carbonyl (C=O) groups excluding carboxylic acids is 1. The Morgan fingerprint density at radius 3 is 3.10 bits per heavy atom. The van der Waals surface area contributed by atoms with Crippen LogP contribution >= 0.6 is 11.8 Å². The number of ether oxygens (including phenoxy) is 1. The second-order valence-electron chi connectivity index (χ2n) is 4.02. The first-order chi connectivity index (χ1) is 9.69. The Kier molecular flexibility index (Phi) is 5.11. The summed E-state index contributed by atoms with van der Waals surface area (Å²) in [6.45, 7) is 2.41. The third-order valence-electron chi connectivity index (χ3n) is 2.36. The van der Waals surface area contributed by atoms with Crippen molar-refractivity contribution in [1.82, 2.24) is 5.32 Å². The van der Waals surface area contributed by atoms with E-state index in [1.54, 1.807) is 12.1 Å². The molecule has 7 heteroatoms. The minimum atomic E-state index is -0.402. The van der Waals surface area contributed by atoms with Crippen LogP contribution in [0.1, 0.15) is 18.9 Å². The number of benzene rings is 1. The average molecular weight is 295 g/mol.